The van der Waals surface area contributed by atoms with Crippen molar-refractivity contribution in [2.24, 2.45) is 23.3 Å². The van der Waals surface area contributed by atoms with Gasteiger partial charge in [-0.15, -0.1) is 0 Å². The number of primary amides is 2. The van der Waals surface area contributed by atoms with Gasteiger partial charge in [0.15, 0.2) is 0 Å². The number of carbonyl (C=O) groups is 2. The molecule has 0 aromatic heterocycles. The molecule has 4 unspecified atom stereocenters. The van der Waals surface area contributed by atoms with Crippen molar-refractivity contribution < 1.29 is 19.8 Å². The number of aliphatic hydroxyl groups is 2. The van der Waals surface area contributed by atoms with E-state index in [0.717, 1.165) is 18.4 Å². The average molecular weight is 362 g/mol. The predicted molar refractivity (Wildman–Crippen MR) is 98.8 cm³/mol. The summed E-state index contributed by atoms with van der Waals surface area (Å²) in [6.45, 7) is 0. The number of rotatable bonds is 9. The quantitative estimate of drug-likeness (QED) is 0.527. The first-order chi connectivity index (χ1) is 12.3. The van der Waals surface area contributed by atoms with Crippen LogP contribution in [0.3, 0.4) is 0 Å². The predicted octanol–water partition coefficient (Wildman–Crippen LogP) is 1.27. The van der Waals surface area contributed by atoms with Gasteiger partial charge >= 0.3 is 0 Å². The summed E-state index contributed by atoms with van der Waals surface area (Å²) in [7, 11) is 0. The van der Waals surface area contributed by atoms with E-state index in [1.807, 2.05) is 30.3 Å². The largest absolute Gasteiger partial charge is 0.393 e. The topological polar surface area (TPSA) is 127 Å². The van der Waals surface area contributed by atoms with Gasteiger partial charge in [0.1, 0.15) is 0 Å². The summed E-state index contributed by atoms with van der Waals surface area (Å²) in [5, 5.41) is 21.3. The zero-order valence-corrected chi connectivity index (χ0v) is 15.1. The van der Waals surface area contributed by atoms with E-state index >= 15 is 0 Å². The lowest BCUT2D eigenvalue weighted by atomic mass is 9.70. The normalized spacial score (nSPS) is 25.4. The lowest BCUT2D eigenvalue weighted by Gasteiger charge is -2.40. The third kappa shape index (κ3) is 5.54. The minimum atomic E-state index is -1.32. The molecule has 1 aliphatic rings. The summed E-state index contributed by atoms with van der Waals surface area (Å²) >= 11 is 0. The fraction of sp³-hybridized carbons (Fsp3) is 0.600. The Labute approximate surface area is 154 Å². The molecule has 0 heterocycles. The molecular formula is C20H30N2O4. The van der Waals surface area contributed by atoms with Gasteiger partial charge in [-0.25, -0.2) is 0 Å². The maximum absolute atomic E-state index is 11.9. The SMILES string of the molecule is NC(=O)C(CC(O)CCc1ccccc1)CC1(O)CCCCC1C(N)=O. The first-order valence-corrected chi connectivity index (χ1v) is 9.35. The molecule has 0 spiro atoms. The number of amides is 2. The highest BCUT2D eigenvalue weighted by Gasteiger charge is 2.44. The highest BCUT2D eigenvalue weighted by atomic mass is 16.3. The Bertz CT molecular complexity index is 607. The third-order valence-corrected chi connectivity index (χ3v) is 5.51. The van der Waals surface area contributed by atoms with E-state index in [2.05, 4.69) is 0 Å². The van der Waals surface area contributed by atoms with Gasteiger partial charge in [0.2, 0.25) is 11.8 Å². The van der Waals surface area contributed by atoms with Crippen molar-refractivity contribution in [2.75, 3.05) is 0 Å². The van der Waals surface area contributed by atoms with Crippen molar-refractivity contribution >= 4 is 11.8 Å². The summed E-state index contributed by atoms with van der Waals surface area (Å²) in [5.41, 5.74) is 10.8. The van der Waals surface area contributed by atoms with Crippen molar-refractivity contribution in [1.82, 2.24) is 0 Å². The van der Waals surface area contributed by atoms with E-state index in [1.54, 1.807) is 0 Å². The van der Waals surface area contributed by atoms with Gasteiger partial charge < -0.3 is 21.7 Å². The first-order valence-electron chi connectivity index (χ1n) is 9.35. The second-order valence-corrected chi connectivity index (χ2v) is 7.52. The van der Waals surface area contributed by atoms with Crippen LogP contribution in [0.5, 0.6) is 0 Å². The molecule has 2 rings (SSSR count). The third-order valence-electron chi connectivity index (χ3n) is 5.51. The zero-order valence-electron chi connectivity index (χ0n) is 15.1. The van der Waals surface area contributed by atoms with E-state index in [-0.39, 0.29) is 12.8 Å². The van der Waals surface area contributed by atoms with Crippen molar-refractivity contribution in [1.29, 1.82) is 0 Å². The molecule has 0 bridgehead atoms. The number of aliphatic hydroxyl groups excluding tert-OH is 1. The molecule has 6 N–H and O–H groups in total. The number of hydrogen-bond donors (Lipinski definition) is 4. The molecule has 6 heteroatoms. The van der Waals surface area contributed by atoms with Crippen LogP contribution in [0, 0.1) is 11.8 Å². The average Bonchev–Trinajstić information content (AvgIpc) is 2.60. The van der Waals surface area contributed by atoms with Gasteiger partial charge in [-0.05, 0) is 44.1 Å². The number of benzene rings is 1. The fourth-order valence-corrected chi connectivity index (χ4v) is 4.02. The smallest absolute Gasteiger partial charge is 0.223 e. The van der Waals surface area contributed by atoms with Gasteiger partial charge in [0, 0.05) is 5.92 Å². The summed E-state index contributed by atoms with van der Waals surface area (Å²) in [4.78, 5) is 23.6. The van der Waals surface area contributed by atoms with Gasteiger partial charge in [0.05, 0.1) is 17.6 Å². The summed E-state index contributed by atoms with van der Waals surface area (Å²) in [6, 6.07) is 9.79. The van der Waals surface area contributed by atoms with Crippen LogP contribution in [0.25, 0.3) is 0 Å². The zero-order chi connectivity index (χ0) is 19.2. The van der Waals surface area contributed by atoms with Gasteiger partial charge in [0.25, 0.3) is 0 Å². The standard InChI is InChI=1S/C20H30N2O4/c21-18(24)15(12-16(23)10-9-14-6-2-1-3-7-14)13-20(26)11-5-4-8-17(20)19(22)25/h1-3,6-7,15-17,23,26H,4-5,8-13H2,(H2,21,24)(H2,22,25). The van der Waals surface area contributed by atoms with Crippen LogP contribution in [-0.2, 0) is 16.0 Å². The van der Waals surface area contributed by atoms with E-state index < -0.39 is 35.4 Å². The Balaban J connectivity index is 1.97. The lowest BCUT2D eigenvalue weighted by molar-refractivity contribution is -0.141. The molecule has 0 aliphatic heterocycles. The molecule has 1 aliphatic carbocycles. The number of hydrogen-bond acceptors (Lipinski definition) is 4. The molecule has 0 radical (unpaired) electrons. The second-order valence-electron chi connectivity index (χ2n) is 7.52. The van der Waals surface area contributed by atoms with Gasteiger partial charge in [-0.2, -0.15) is 0 Å². The molecule has 2 amide bonds. The molecule has 26 heavy (non-hydrogen) atoms. The Morgan fingerprint density at radius 3 is 2.50 bits per heavy atom. The van der Waals surface area contributed by atoms with Crippen molar-refractivity contribution in [2.45, 2.75) is 63.1 Å². The summed E-state index contributed by atoms with van der Waals surface area (Å²) in [5.74, 6) is -2.46. The molecule has 1 aromatic carbocycles. The van der Waals surface area contributed by atoms with Crippen LogP contribution in [0.4, 0.5) is 0 Å². The Kier molecular flexibility index (Phi) is 7.17. The van der Waals surface area contributed by atoms with Crippen LogP contribution in [0.2, 0.25) is 0 Å². The maximum Gasteiger partial charge on any atom is 0.223 e. The van der Waals surface area contributed by atoms with E-state index in [4.69, 9.17) is 11.5 Å². The second kappa shape index (κ2) is 9.14. The molecule has 144 valence electrons. The lowest BCUT2D eigenvalue weighted by Crippen LogP contribution is -2.50. The molecule has 1 aromatic rings. The summed E-state index contributed by atoms with van der Waals surface area (Å²) < 4.78 is 0. The van der Waals surface area contributed by atoms with Crippen molar-refractivity contribution in [3.05, 3.63) is 35.9 Å². The van der Waals surface area contributed by atoms with E-state index in [9.17, 15) is 19.8 Å². The Hall–Kier alpha value is -1.92. The van der Waals surface area contributed by atoms with E-state index in [1.165, 1.54) is 0 Å². The first kappa shape index (κ1) is 20.4. The van der Waals surface area contributed by atoms with Crippen LogP contribution in [0.1, 0.15) is 50.5 Å². The Morgan fingerprint density at radius 2 is 1.88 bits per heavy atom. The minimum absolute atomic E-state index is 0.0678. The van der Waals surface area contributed by atoms with Crippen LogP contribution in [-0.4, -0.2) is 33.7 Å². The van der Waals surface area contributed by atoms with Crippen molar-refractivity contribution in [3.8, 4) is 0 Å². The highest BCUT2D eigenvalue weighted by Crippen LogP contribution is 2.39. The highest BCUT2D eigenvalue weighted by molar-refractivity contribution is 5.79. The summed E-state index contributed by atoms with van der Waals surface area (Å²) in [6.07, 6.45) is 3.30. The fourth-order valence-electron chi connectivity index (χ4n) is 4.02. The van der Waals surface area contributed by atoms with Gasteiger partial charge in [-0.1, -0.05) is 43.2 Å². The van der Waals surface area contributed by atoms with Crippen LogP contribution < -0.4 is 11.5 Å². The number of carbonyl (C=O) groups excluding carboxylic acids is 2. The minimum Gasteiger partial charge on any atom is -0.393 e. The van der Waals surface area contributed by atoms with Gasteiger partial charge in [-0.3, -0.25) is 9.59 Å². The maximum atomic E-state index is 11.9. The molecule has 0 saturated heterocycles. The molecule has 1 saturated carbocycles. The van der Waals surface area contributed by atoms with Crippen molar-refractivity contribution in [3.63, 3.8) is 0 Å². The monoisotopic (exact) mass is 362 g/mol. The van der Waals surface area contributed by atoms with Crippen LogP contribution in [0.15, 0.2) is 30.3 Å². The Morgan fingerprint density at radius 1 is 1.19 bits per heavy atom. The molecule has 4 atom stereocenters. The number of aryl methyl sites for hydroxylation is 1. The number of nitrogens with two attached hydrogens (primary N) is 2. The molecule has 1 fully saturated rings. The van der Waals surface area contributed by atoms with E-state index in [0.29, 0.717) is 25.7 Å². The van der Waals surface area contributed by atoms with Crippen LogP contribution >= 0.6 is 0 Å². The molecule has 6 nitrogen and oxygen atoms in total. The molecular weight excluding hydrogens is 332 g/mol.